The number of hydrogen-bond acceptors (Lipinski definition) is 5. The van der Waals surface area contributed by atoms with Crippen molar-refractivity contribution in [3.63, 3.8) is 0 Å². The van der Waals surface area contributed by atoms with E-state index in [1.54, 1.807) is 0 Å². The minimum Gasteiger partial charge on any atom is -0.490 e. The van der Waals surface area contributed by atoms with Crippen molar-refractivity contribution >= 4 is 17.5 Å². The Morgan fingerprint density at radius 3 is 2.38 bits per heavy atom. The number of nitriles is 1. The second kappa shape index (κ2) is 7.67. The van der Waals surface area contributed by atoms with Gasteiger partial charge >= 0.3 is 0 Å². The zero-order valence-corrected chi connectivity index (χ0v) is 14.5. The molecule has 0 saturated carbocycles. The zero-order valence-electron chi connectivity index (χ0n) is 14.5. The second-order valence-electron chi connectivity index (χ2n) is 6.07. The van der Waals surface area contributed by atoms with Gasteiger partial charge in [-0.05, 0) is 38.7 Å². The van der Waals surface area contributed by atoms with E-state index < -0.39 is 17.6 Å². The highest BCUT2D eigenvalue weighted by Crippen LogP contribution is 2.38. The maximum atomic E-state index is 14.5. The topological polar surface area (TPSA) is 79.6 Å². The fraction of sp³-hybridized carbons (Fsp3) is 0.421. The predicted molar refractivity (Wildman–Crippen MR) is 91.1 cm³/mol. The first-order valence-electron chi connectivity index (χ1n) is 8.63. The van der Waals surface area contributed by atoms with Gasteiger partial charge in [-0.1, -0.05) is 0 Å². The van der Waals surface area contributed by atoms with Crippen molar-refractivity contribution in [2.75, 3.05) is 24.7 Å². The summed E-state index contributed by atoms with van der Waals surface area (Å²) >= 11 is 0. The van der Waals surface area contributed by atoms with E-state index in [0.29, 0.717) is 37.2 Å². The minimum absolute atomic E-state index is 0.000402. The molecule has 1 aliphatic carbocycles. The summed E-state index contributed by atoms with van der Waals surface area (Å²) in [6.07, 6.45) is 2.75. The maximum absolute atomic E-state index is 14.5. The van der Waals surface area contributed by atoms with Crippen LogP contribution in [0.1, 0.15) is 38.2 Å². The number of imide groups is 1. The number of ether oxygens (including phenoxy) is 2. The summed E-state index contributed by atoms with van der Waals surface area (Å²) in [5.74, 6) is -1.64. The molecule has 0 fully saturated rings. The highest BCUT2D eigenvalue weighted by atomic mass is 19.1. The number of benzene rings is 1. The van der Waals surface area contributed by atoms with Crippen LogP contribution in [0, 0.1) is 17.1 Å². The van der Waals surface area contributed by atoms with E-state index in [0.717, 1.165) is 23.8 Å². The van der Waals surface area contributed by atoms with E-state index in [1.807, 2.05) is 13.0 Å². The zero-order chi connectivity index (χ0) is 18.7. The van der Waals surface area contributed by atoms with E-state index in [9.17, 15) is 19.2 Å². The van der Waals surface area contributed by atoms with Crippen LogP contribution >= 0.6 is 0 Å². The number of carbonyl (C=O) groups excluding carboxylic acids is 2. The van der Waals surface area contributed by atoms with Gasteiger partial charge in [-0.25, -0.2) is 9.29 Å². The van der Waals surface area contributed by atoms with Gasteiger partial charge in [0.15, 0.2) is 0 Å². The van der Waals surface area contributed by atoms with Crippen LogP contribution in [-0.4, -0.2) is 31.6 Å². The van der Waals surface area contributed by atoms with Crippen molar-refractivity contribution in [2.24, 2.45) is 0 Å². The smallest absolute Gasteiger partial charge is 0.261 e. The van der Waals surface area contributed by atoms with E-state index in [2.05, 4.69) is 0 Å². The molecule has 0 spiro atoms. The molecule has 0 radical (unpaired) electrons. The number of halogens is 1. The Morgan fingerprint density at radius 1 is 1.15 bits per heavy atom. The molecule has 1 aliphatic heterocycles. The number of amides is 2. The molecule has 0 saturated heterocycles. The Morgan fingerprint density at radius 2 is 1.81 bits per heavy atom. The first-order valence-corrected chi connectivity index (χ1v) is 8.63. The lowest BCUT2D eigenvalue weighted by Crippen LogP contribution is -2.32. The van der Waals surface area contributed by atoms with Gasteiger partial charge < -0.3 is 9.47 Å². The molecule has 6 nitrogen and oxygen atoms in total. The Kier molecular flexibility index (Phi) is 5.33. The molecule has 1 heterocycles. The number of hydrogen-bond donors (Lipinski definition) is 0. The average Bonchev–Trinajstić information content (AvgIpc) is 2.91. The molecule has 0 N–H and O–H groups in total. The Labute approximate surface area is 150 Å². The molecule has 7 heteroatoms. The van der Waals surface area contributed by atoms with Crippen molar-refractivity contribution in [3.05, 3.63) is 34.7 Å². The molecule has 1 aromatic carbocycles. The van der Waals surface area contributed by atoms with Gasteiger partial charge in [-0.15, -0.1) is 0 Å². The minimum atomic E-state index is -0.805. The molecule has 136 valence electrons. The lowest BCUT2D eigenvalue weighted by molar-refractivity contribution is -0.120. The SMILES string of the molecule is CCOCCOc1cc(N2C(=O)C3=C(CCCC3)C2=O)c(F)cc1C#N. The third-order valence-corrected chi connectivity index (χ3v) is 4.49. The third kappa shape index (κ3) is 3.20. The summed E-state index contributed by atoms with van der Waals surface area (Å²) in [5.41, 5.74) is 0.770. The van der Waals surface area contributed by atoms with Crippen molar-refractivity contribution in [3.8, 4) is 11.8 Å². The number of carbonyl (C=O) groups is 2. The number of rotatable bonds is 6. The van der Waals surface area contributed by atoms with E-state index in [4.69, 9.17) is 9.47 Å². The molecule has 1 aromatic rings. The van der Waals surface area contributed by atoms with Gasteiger partial charge in [0.2, 0.25) is 0 Å². The van der Waals surface area contributed by atoms with Crippen LogP contribution in [0.2, 0.25) is 0 Å². The normalized spacial score (nSPS) is 16.7. The van der Waals surface area contributed by atoms with Crippen LogP contribution in [0.15, 0.2) is 23.3 Å². The Bertz CT molecular complexity index is 798. The third-order valence-electron chi connectivity index (χ3n) is 4.49. The van der Waals surface area contributed by atoms with Crippen LogP contribution in [0.5, 0.6) is 5.75 Å². The molecule has 0 unspecified atom stereocenters. The summed E-state index contributed by atoms with van der Waals surface area (Å²) in [7, 11) is 0. The van der Waals surface area contributed by atoms with Crippen LogP contribution in [0.25, 0.3) is 0 Å². The van der Waals surface area contributed by atoms with Crippen LogP contribution in [0.3, 0.4) is 0 Å². The van der Waals surface area contributed by atoms with Gasteiger partial charge in [0, 0.05) is 23.8 Å². The van der Waals surface area contributed by atoms with Gasteiger partial charge in [-0.2, -0.15) is 5.26 Å². The van der Waals surface area contributed by atoms with Gasteiger partial charge in [-0.3, -0.25) is 9.59 Å². The van der Waals surface area contributed by atoms with Crippen molar-refractivity contribution in [1.29, 1.82) is 5.26 Å². The Hall–Kier alpha value is -2.72. The summed E-state index contributed by atoms with van der Waals surface area (Å²) in [6.45, 7) is 2.85. The first kappa shape index (κ1) is 18.1. The molecule has 3 rings (SSSR count). The molecule has 26 heavy (non-hydrogen) atoms. The van der Waals surface area contributed by atoms with Crippen molar-refractivity contribution < 1.29 is 23.5 Å². The maximum Gasteiger partial charge on any atom is 0.261 e. The highest BCUT2D eigenvalue weighted by Gasteiger charge is 2.41. The molecule has 2 aliphatic rings. The fourth-order valence-electron chi connectivity index (χ4n) is 3.23. The Balaban J connectivity index is 1.91. The average molecular weight is 358 g/mol. The number of nitrogens with zero attached hydrogens (tertiary/aromatic N) is 2. The van der Waals surface area contributed by atoms with Crippen LogP contribution < -0.4 is 9.64 Å². The first-order chi connectivity index (χ1) is 12.6. The second-order valence-corrected chi connectivity index (χ2v) is 6.07. The fourth-order valence-corrected chi connectivity index (χ4v) is 3.23. The van der Waals surface area contributed by atoms with E-state index >= 15 is 0 Å². The van der Waals surface area contributed by atoms with Crippen LogP contribution in [-0.2, 0) is 14.3 Å². The number of anilines is 1. The molecule has 2 amide bonds. The van der Waals surface area contributed by atoms with Crippen molar-refractivity contribution in [2.45, 2.75) is 32.6 Å². The molecule has 0 aromatic heterocycles. The predicted octanol–water partition coefficient (Wildman–Crippen LogP) is 2.86. The lowest BCUT2D eigenvalue weighted by Gasteiger charge is -2.18. The molecule has 0 bridgehead atoms. The van der Waals surface area contributed by atoms with Gasteiger partial charge in [0.05, 0.1) is 17.9 Å². The van der Waals surface area contributed by atoms with E-state index in [1.165, 1.54) is 6.07 Å². The molecular formula is C19H19FN2O4. The van der Waals surface area contributed by atoms with E-state index in [-0.39, 0.29) is 23.6 Å². The largest absolute Gasteiger partial charge is 0.490 e. The van der Waals surface area contributed by atoms with Crippen LogP contribution in [0.4, 0.5) is 10.1 Å². The van der Waals surface area contributed by atoms with Gasteiger partial charge in [0.1, 0.15) is 24.2 Å². The summed E-state index contributed by atoms with van der Waals surface area (Å²) in [4.78, 5) is 26.1. The molecular weight excluding hydrogens is 339 g/mol. The monoisotopic (exact) mass is 358 g/mol. The molecule has 0 atom stereocenters. The summed E-state index contributed by atoms with van der Waals surface area (Å²) in [6, 6.07) is 4.10. The summed E-state index contributed by atoms with van der Waals surface area (Å²) in [5, 5.41) is 9.19. The lowest BCUT2D eigenvalue weighted by atomic mass is 9.93. The van der Waals surface area contributed by atoms with Gasteiger partial charge in [0.25, 0.3) is 11.8 Å². The standard InChI is InChI=1S/C19H19FN2O4/c1-2-25-7-8-26-17-10-16(15(20)9-12(17)11-21)22-18(23)13-5-3-4-6-14(13)19(22)24/h9-10H,2-8H2,1H3. The highest BCUT2D eigenvalue weighted by molar-refractivity contribution is 6.33. The van der Waals surface area contributed by atoms with Crippen molar-refractivity contribution in [1.82, 2.24) is 0 Å². The summed E-state index contributed by atoms with van der Waals surface area (Å²) < 4.78 is 25.2. The quantitative estimate of drug-likeness (QED) is 0.577.